The Labute approximate surface area is 148 Å². The number of imide groups is 1. The molecule has 0 saturated carbocycles. The standard InChI is InChI=1S/C20H24N2O3/c1-14(21-13-19(24)17-6-4-3-5-7-17)12-16-8-10-18(11-9-16)20(25)22-15(2)23/h3-11,14,19,21,24H,12-13H2,1-2H3,(H,22,23,25)/t14?,19-/m0/s1. The third kappa shape index (κ3) is 6.14. The number of hydrogen-bond acceptors (Lipinski definition) is 4. The summed E-state index contributed by atoms with van der Waals surface area (Å²) < 4.78 is 0. The van der Waals surface area contributed by atoms with Crippen molar-refractivity contribution in [2.75, 3.05) is 6.54 Å². The molecule has 0 fully saturated rings. The maximum Gasteiger partial charge on any atom is 0.257 e. The van der Waals surface area contributed by atoms with Gasteiger partial charge in [-0.15, -0.1) is 0 Å². The van der Waals surface area contributed by atoms with E-state index in [1.807, 2.05) is 49.4 Å². The lowest BCUT2D eigenvalue weighted by molar-refractivity contribution is -0.118. The maximum atomic E-state index is 11.7. The second-order valence-corrected chi connectivity index (χ2v) is 6.15. The van der Waals surface area contributed by atoms with E-state index in [1.54, 1.807) is 12.1 Å². The van der Waals surface area contributed by atoms with Crippen LogP contribution in [0.3, 0.4) is 0 Å². The zero-order chi connectivity index (χ0) is 18.2. The molecule has 0 spiro atoms. The first-order valence-electron chi connectivity index (χ1n) is 8.33. The second-order valence-electron chi connectivity index (χ2n) is 6.15. The summed E-state index contributed by atoms with van der Waals surface area (Å²) in [5, 5.41) is 15.7. The molecule has 0 aliphatic heterocycles. The average Bonchev–Trinajstić information content (AvgIpc) is 2.60. The van der Waals surface area contributed by atoms with E-state index in [1.165, 1.54) is 6.92 Å². The van der Waals surface area contributed by atoms with Crippen LogP contribution < -0.4 is 10.6 Å². The summed E-state index contributed by atoms with van der Waals surface area (Å²) in [6.07, 6.45) is 0.233. The Morgan fingerprint density at radius 1 is 1.04 bits per heavy atom. The van der Waals surface area contributed by atoms with Crippen molar-refractivity contribution < 1.29 is 14.7 Å². The van der Waals surface area contributed by atoms with Gasteiger partial charge >= 0.3 is 0 Å². The largest absolute Gasteiger partial charge is 0.387 e. The minimum atomic E-state index is -0.540. The predicted molar refractivity (Wildman–Crippen MR) is 97.2 cm³/mol. The number of rotatable bonds is 7. The minimum Gasteiger partial charge on any atom is -0.387 e. The molecule has 1 unspecified atom stereocenters. The molecule has 0 aliphatic carbocycles. The van der Waals surface area contributed by atoms with Crippen LogP contribution in [-0.2, 0) is 11.2 Å². The third-order valence-corrected chi connectivity index (χ3v) is 3.89. The molecular weight excluding hydrogens is 316 g/mol. The van der Waals surface area contributed by atoms with E-state index in [4.69, 9.17) is 0 Å². The van der Waals surface area contributed by atoms with Gasteiger partial charge in [-0.05, 0) is 36.6 Å². The van der Waals surface area contributed by atoms with E-state index < -0.39 is 12.0 Å². The Balaban J connectivity index is 1.83. The number of aliphatic hydroxyl groups is 1. The second kappa shape index (κ2) is 9.11. The lowest BCUT2D eigenvalue weighted by atomic mass is 10.0. The lowest BCUT2D eigenvalue weighted by Gasteiger charge is -2.17. The van der Waals surface area contributed by atoms with Crippen LogP contribution in [0, 0.1) is 0 Å². The first-order chi connectivity index (χ1) is 12.0. The molecule has 2 aromatic rings. The van der Waals surface area contributed by atoms with E-state index in [2.05, 4.69) is 10.6 Å². The SMILES string of the molecule is CC(=O)NC(=O)c1ccc(CC(C)NC[C@H](O)c2ccccc2)cc1. The van der Waals surface area contributed by atoms with Gasteiger partial charge in [0, 0.05) is 25.1 Å². The summed E-state index contributed by atoms with van der Waals surface area (Å²) in [6.45, 7) is 3.84. The molecular formula is C20H24N2O3. The van der Waals surface area contributed by atoms with Gasteiger partial charge in [-0.3, -0.25) is 14.9 Å². The molecule has 0 aromatic heterocycles. The smallest absolute Gasteiger partial charge is 0.257 e. The number of benzene rings is 2. The summed E-state index contributed by atoms with van der Waals surface area (Å²) >= 11 is 0. The molecule has 0 saturated heterocycles. The van der Waals surface area contributed by atoms with E-state index >= 15 is 0 Å². The topological polar surface area (TPSA) is 78.4 Å². The zero-order valence-corrected chi connectivity index (χ0v) is 14.5. The predicted octanol–water partition coefficient (Wildman–Crippen LogP) is 2.22. The monoisotopic (exact) mass is 340 g/mol. The Bertz CT molecular complexity index is 699. The highest BCUT2D eigenvalue weighted by molar-refractivity contribution is 6.04. The molecule has 0 bridgehead atoms. The fraction of sp³-hybridized carbons (Fsp3) is 0.300. The number of amides is 2. The minimum absolute atomic E-state index is 0.176. The summed E-state index contributed by atoms with van der Waals surface area (Å²) in [6, 6.07) is 16.9. The number of carbonyl (C=O) groups is 2. The molecule has 2 rings (SSSR count). The van der Waals surface area contributed by atoms with Gasteiger partial charge < -0.3 is 10.4 Å². The van der Waals surface area contributed by atoms with Crippen LogP contribution in [0.2, 0.25) is 0 Å². The van der Waals surface area contributed by atoms with Gasteiger partial charge in [0.25, 0.3) is 5.91 Å². The average molecular weight is 340 g/mol. The van der Waals surface area contributed by atoms with Crippen LogP contribution in [0.5, 0.6) is 0 Å². The van der Waals surface area contributed by atoms with Gasteiger partial charge in [0.15, 0.2) is 0 Å². The van der Waals surface area contributed by atoms with Gasteiger partial charge in [0.05, 0.1) is 6.10 Å². The first kappa shape index (κ1) is 18.8. The summed E-state index contributed by atoms with van der Waals surface area (Å²) in [5.74, 6) is -0.764. The molecule has 0 radical (unpaired) electrons. The fourth-order valence-corrected chi connectivity index (χ4v) is 2.56. The molecule has 0 aliphatic rings. The molecule has 5 nitrogen and oxygen atoms in total. The van der Waals surface area contributed by atoms with Gasteiger partial charge in [0.1, 0.15) is 0 Å². The van der Waals surface area contributed by atoms with Crippen molar-refractivity contribution in [3.05, 3.63) is 71.3 Å². The van der Waals surface area contributed by atoms with Gasteiger partial charge in [0.2, 0.25) is 5.91 Å². The van der Waals surface area contributed by atoms with Gasteiger partial charge in [-0.2, -0.15) is 0 Å². The highest BCUT2D eigenvalue weighted by atomic mass is 16.3. The van der Waals surface area contributed by atoms with Gasteiger partial charge in [-0.1, -0.05) is 42.5 Å². The Morgan fingerprint density at radius 2 is 1.68 bits per heavy atom. The summed E-state index contributed by atoms with van der Waals surface area (Å²) in [7, 11) is 0. The van der Waals surface area contributed by atoms with Crippen molar-refractivity contribution >= 4 is 11.8 Å². The number of hydrogen-bond donors (Lipinski definition) is 3. The van der Waals surface area contributed by atoms with Crippen LogP contribution in [0.1, 0.15) is 41.4 Å². The van der Waals surface area contributed by atoms with Gasteiger partial charge in [-0.25, -0.2) is 0 Å². The van der Waals surface area contributed by atoms with Crippen LogP contribution >= 0.6 is 0 Å². The molecule has 132 valence electrons. The quantitative estimate of drug-likeness (QED) is 0.722. The van der Waals surface area contributed by atoms with Crippen LogP contribution in [0.15, 0.2) is 54.6 Å². The maximum absolute atomic E-state index is 11.7. The first-order valence-corrected chi connectivity index (χ1v) is 8.33. The number of nitrogens with one attached hydrogen (secondary N) is 2. The summed E-state index contributed by atoms with van der Waals surface area (Å²) in [4.78, 5) is 22.6. The normalized spacial score (nSPS) is 13.1. The van der Waals surface area contributed by atoms with Crippen molar-refractivity contribution in [1.29, 1.82) is 0 Å². The molecule has 2 amide bonds. The third-order valence-electron chi connectivity index (χ3n) is 3.89. The van der Waals surface area contributed by atoms with Crippen LogP contribution in [-0.4, -0.2) is 29.5 Å². The highest BCUT2D eigenvalue weighted by Gasteiger charge is 2.11. The zero-order valence-electron chi connectivity index (χ0n) is 14.5. The van der Waals surface area contributed by atoms with E-state index in [0.29, 0.717) is 12.1 Å². The molecule has 25 heavy (non-hydrogen) atoms. The van der Waals surface area contributed by atoms with E-state index in [9.17, 15) is 14.7 Å². The fourth-order valence-electron chi connectivity index (χ4n) is 2.56. The van der Waals surface area contributed by atoms with E-state index in [-0.39, 0.29) is 11.9 Å². The number of carbonyl (C=O) groups excluding carboxylic acids is 2. The highest BCUT2D eigenvalue weighted by Crippen LogP contribution is 2.12. The van der Waals surface area contributed by atoms with Crippen LogP contribution in [0.4, 0.5) is 0 Å². The Morgan fingerprint density at radius 3 is 2.28 bits per heavy atom. The molecule has 0 heterocycles. The van der Waals surface area contributed by atoms with Crippen molar-refractivity contribution in [1.82, 2.24) is 10.6 Å². The lowest BCUT2D eigenvalue weighted by Crippen LogP contribution is -2.32. The number of aliphatic hydroxyl groups excluding tert-OH is 1. The van der Waals surface area contributed by atoms with Crippen molar-refractivity contribution in [3.63, 3.8) is 0 Å². The summed E-state index contributed by atoms with van der Waals surface area (Å²) in [5.41, 5.74) is 2.43. The van der Waals surface area contributed by atoms with Crippen LogP contribution in [0.25, 0.3) is 0 Å². The van der Waals surface area contributed by atoms with E-state index in [0.717, 1.165) is 17.5 Å². The Kier molecular flexibility index (Phi) is 6.86. The molecule has 3 N–H and O–H groups in total. The van der Waals surface area contributed by atoms with Crippen molar-refractivity contribution in [2.45, 2.75) is 32.4 Å². The Hall–Kier alpha value is -2.50. The molecule has 2 atom stereocenters. The van der Waals surface area contributed by atoms with Crippen molar-refractivity contribution in [3.8, 4) is 0 Å². The molecule has 5 heteroatoms. The molecule has 2 aromatic carbocycles. The van der Waals surface area contributed by atoms with Crippen molar-refractivity contribution in [2.24, 2.45) is 0 Å².